The third-order valence-electron chi connectivity index (χ3n) is 5.46. The highest BCUT2D eigenvalue weighted by molar-refractivity contribution is 6.09. The predicted octanol–water partition coefficient (Wildman–Crippen LogP) is 1.80. The Balaban J connectivity index is 2.15. The molecular formula is C19H23FN2O4. The number of hydrogen-bond donors (Lipinski definition) is 1. The van der Waals surface area contributed by atoms with Crippen molar-refractivity contribution in [2.75, 3.05) is 13.7 Å². The minimum Gasteiger partial charge on any atom is -0.468 e. The monoisotopic (exact) mass is 362 g/mol. The van der Waals surface area contributed by atoms with Gasteiger partial charge in [0.1, 0.15) is 11.4 Å². The van der Waals surface area contributed by atoms with Crippen LogP contribution >= 0.6 is 0 Å². The molecule has 0 radical (unpaired) electrons. The maximum Gasteiger partial charge on any atom is 0.326 e. The quantitative estimate of drug-likeness (QED) is 0.639. The molecule has 7 heteroatoms. The number of carbonyl (C=O) groups excluding carboxylic acids is 3. The number of benzene rings is 1. The number of esters is 1. The molecule has 2 aliphatic heterocycles. The third-order valence-corrected chi connectivity index (χ3v) is 5.46. The Morgan fingerprint density at radius 3 is 2.62 bits per heavy atom. The second-order valence-electron chi connectivity index (χ2n) is 6.81. The van der Waals surface area contributed by atoms with Crippen LogP contribution in [0.2, 0.25) is 0 Å². The lowest BCUT2D eigenvalue weighted by Gasteiger charge is -2.32. The van der Waals surface area contributed by atoms with E-state index in [-0.39, 0.29) is 18.4 Å². The van der Waals surface area contributed by atoms with Crippen molar-refractivity contribution < 1.29 is 23.5 Å². The number of carbonyl (C=O) groups is 3. The van der Waals surface area contributed by atoms with Gasteiger partial charge in [-0.2, -0.15) is 0 Å². The number of nitrogens with one attached hydrogen (secondary N) is 1. The summed E-state index contributed by atoms with van der Waals surface area (Å²) in [5.41, 5.74) is -0.747. The summed E-state index contributed by atoms with van der Waals surface area (Å²) in [7, 11) is 1.27. The van der Waals surface area contributed by atoms with E-state index in [1.165, 1.54) is 24.1 Å². The summed E-state index contributed by atoms with van der Waals surface area (Å²) >= 11 is 0. The van der Waals surface area contributed by atoms with Crippen LogP contribution in [-0.4, -0.2) is 41.9 Å². The zero-order valence-electron chi connectivity index (χ0n) is 15.1. The molecule has 2 amide bonds. The summed E-state index contributed by atoms with van der Waals surface area (Å²) in [6, 6.07) is 5.27. The van der Waals surface area contributed by atoms with Gasteiger partial charge in [-0.1, -0.05) is 25.5 Å². The lowest BCUT2D eigenvalue weighted by Crippen LogP contribution is -2.56. The van der Waals surface area contributed by atoms with Gasteiger partial charge < -0.3 is 4.74 Å². The highest BCUT2D eigenvalue weighted by Crippen LogP contribution is 2.50. The summed E-state index contributed by atoms with van der Waals surface area (Å²) in [6.45, 7) is 3.86. The average Bonchev–Trinajstić information content (AvgIpc) is 3.09. The first-order valence-corrected chi connectivity index (χ1v) is 8.88. The molecule has 0 unspecified atom stereocenters. The van der Waals surface area contributed by atoms with Gasteiger partial charge >= 0.3 is 5.97 Å². The number of hydrogen-bond acceptors (Lipinski definition) is 5. The summed E-state index contributed by atoms with van der Waals surface area (Å²) < 4.78 is 18.8. The highest BCUT2D eigenvalue weighted by atomic mass is 19.1. The molecule has 2 aliphatic rings. The molecular weight excluding hydrogens is 339 g/mol. The number of likely N-dealkylation sites (tertiary alicyclic amines) is 1. The summed E-state index contributed by atoms with van der Waals surface area (Å²) in [5, 5.41) is 3.20. The van der Waals surface area contributed by atoms with Crippen LogP contribution in [0.1, 0.15) is 38.3 Å². The molecule has 140 valence electrons. The van der Waals surface area contributed by atoms with Crippen LogP contribution in [0.25, 0.3) is 0 Å². The molecule has 3 rings (SSSR count). The largest absolute Gasteiger partial charge is 0.468 e. The lowest BCUT2D eigenvalue weighted by molar-refractivity contribution is -0.154. The first kappa shape index (κ1) is 18.5. The number of nitrogens with zero attached hydrogens (tertiary/aromatic N) is 1. The Hall–Kier alpha value is -2.28. The van der Waals surface area contributed by atoms with E-state index in [1.54, 1.807) is 19.1 Å². The maximum absolute atomic E-state index is 13.8. The second-order valence-corrected chi connectivity index (χ2v) is 6.81. The van der Waals surface area contributed by atoms with Gasteiger partial charge in [0.2, 0.25) is 11.8 Å². The Labute approximate surface area is 151 Å². The van der Waals surface area contributed by atoms with Crippen molar-refractivity contribution in [3.63, 3.8) is 0 Å². The van der Waals surface area contributed by atoms with E-state index in [1.807, 2.05) is 6.92 Å². The minimum atomic E-state index is -1.29. The summed E-state index contributed by atoms with van der Waals surface area (Å²) in [4.78, 5) is 39.8. The van der Waals surface area contributed by atoms with Crippen LogP contribution < -0.4 is 5.32 Å². The molecule has 1 aromatic rings. The van der Waals surface area contributed by atoms with E-state index in [2.05, 4.69) is 5.32 Å². The van der Waals surface area contributed by atoms with E-state index in [9.17, 15) is 18.8 Å². The van der Waals surface area contributed by atoms with Crippen LogP contribution in [0, 0.1) is 17.7 Å². The number of ether oxygens (including phenoxy) is 1. The van der Waals surface area contributed by atoms with Gasteiger partial charge in [-0.3, -0.25) is 24.6 Å². The van der Waals surface area contributed by atoms with Gasteiger partial charge in [0, 0.05) is 12.6 Å². The van der Waals surface area contributed by atoms with E-state index >= 15 is 0 Å². The Bertz CT molecular complexity index is 753. The molecule has 6 nitrogen and oxygen atoms in total. The van der Waals surface area contributed by atoms with Crippen LogP contribution in [0.4, 0.5) is 4.39 Å². The van der Waals surface area contributed by atoms with Crippen molar-refractivity contribution in [2.45, 2.75) is 38.3 Å². The van der Waals surface area contributed by atoms with Crippen LogP contribution in [0.3, 0.4) is 0 Å². The fraction of sp³-hybridized carbons (Fsp3) is 0.526. The van der Waals surface area contributed by atoms with Gasteiger partial charge in [0.15, 0.2) is 0 Å². The molecule has 4 atom stereocenters. The first-order valence-electron chi connectivity index (χ1n) is 8.88. The van der Waals surface area contributed by atoms with Crippen LogP contribution in [0.15, 0.2) is 24.3 Å². The lowest BCUT2D eigenvalue weighted by atomic mass is 9.77. The fourth-order valence-corrected chi connectivity index (χ4v) is 4.46. The Morgan fingerprint density at radius 1 is 1.31 bits per heavy atom. The number of halogens is 1. The molecule has 0 aromatic heterocycles. The van der Waals surface area contributed by atoms with Gasteiger partial charge in [-0.25, -0.2) is 4.39 Å². The van der Waals surface area contributed by atoms with E-state index in [0.717, 1.165) is 0 Å². The third kappa shape index (κ3) is 2.53. The normalized spacial score (nSPS) is 30.6. The topological polar surface area (TPSA) is 75.7 Å². The number of rotatable bonds is 5. The molecule has 26 heavy (non-hydrogen) atoms. The molecule has 0 saturated carbocycles. The van der Waals surface area contributed by atoms with Crippen molar-refractivity contribution >= 4 is 17.8 Å². The van der Waals surface area contributed by atoms with E-state index in [0.29, 0.717) is 18.4 Å². The smallest absolute Gasteiger partial charge is 0.326 e. The van der Waals surface area contributed by atoms with Gasteiger partial charge in [-0.15, -0.1) is 0 Å². The van der Waals surface area contributed by atoms with Gasteiger partial charge in [-0.05, 0) is 31.0 Å². The molecule has 2 fully saturated rings. The minimum absolute atomic E-state index is 0.240. The zero-order chi connectivity index (χ0) is 19.1. The van der Waals surface area contributed by atoms with E-state index in [4.69, 9.17) is 4.74 Å². The summed E-state index contributed by atoms with van der Waals surface area (Å²) in [6.07, 6.45) is 0.970. The molecule has 2 heterocycles. The Kier molecular flexibility index (Phi) is 4.84. The van der Waals surface area contributed by atoms with E-state index < -0.39 is 35.2 Å². The fourth-order valence-electron chi connectivity index (χ4n) is 4.46. The standard InChI is InChI=1S/C19H23FN2O4/c1-4-9-19(18(25)26-3)14-13(16(23)22(5-2)17(14)24)15(21-19)11-7-6-8-12(20)10-11/h6-8,10,13-15,21H,4-5,9H2,1-3H3/t13-,14-,15-,19-/m0/s1. The van der Waals surface area contributed by atoms with Gasteiger partial charge in [0.25, 0.3) is 0 Å². The number of imide groups is 1. The second kappa shape index (κ2) is 6.79. The molecule has 1 N–H and O–H groups in total. The zero-order valence-corrected chi connectivity index (χ0v) is 15.1. The summed E-state index contributed by atoms with van der Waals surface area (Å²) in [5.74, 6) is -3.30. The van der Waals surface area contributed by atoms with Crippen molar-refractivity contribution in [3.05, 3.63) is 35.6 Å². The number of methoxy groups -OCH3 is 1. The maximum atomic E-state index is 13.8. The van der Waals surface area contributed by atoms with Crippen molar-refractivity contribution in [1.82, 2.24) is 10.2 Å². The predicted molar refractivity (Wildman–Crippen MR) is 91.3 cm³/mol. The molecule has 0 aliphatic carbocycles. The van der Waals surface area contributed by atoms with Crippen molar-refractivity contribution in [3.8, 4) is 0 Å². The SMILES string of the molecule is CCC[C@]1(C(=O)OC)N[C@@H](c2cccc(F)c2)[C@H]2C(=O)N(CC)C(=O)[C@H]21. The van der Waals surface area contributed by atoms with Gasteiger partial charge in [0.05, 0.1) is 18.9 Å². The molecule has 0 spiro atoms. The van der Waals surface area contributed by atoms with Crippen LogP contribution in [-0.2, 0) is 19.1 Å². The Morgan fingerprint density at radius 2 is 2.04 bits per heavy atom. The van der Waals surface area contributed by atoms with Crippen molar-refractivity contribution in [1.29, 1.82) is 0 Å². The molecule has 0 bridgehead atoms. The molecule has 2 saturated heterocycles. The molecule has 1 aromatic carbocycles. The highest BCUT2D eigenvalue weighted by Gasteiger charge is 2.68. The number of fused-ring (bicyclic) bond motifs is 1. The first-order chi connectivity index (χ1) is 12.4. The van der Waals surface area contributed by atoms with Crippen molar-refractivity contribution in [2.24, 2.45) is 11.8 Å². The number of amides is 2. The van der Waals surface area contributed by atoms with Crippen LogP contribution in [0.5, 0.6) is 0 Å². The average molecular weight is 362 g/mol.